The van der Waals surface area contributed by atoms with Crippen LogP contribution in [0.1, 0.15) is 13.3 Å². The predicted molar refractivity (Wildman–Crippen MR) is 52.0 cm³/mol. The summed E-state index contributed by atoms with van der Waals surface area (Å²) in [5, 5.41) is 17.8. The van der Waals surface area contributed by atoms with Gasteiger partial charge < -0.3 is 14.8 Å². The maximum atomic E-state index is 13.2. The van der Waals surface area contributed by atoms with Crippen LogP contribution in [0.5, 0.6) is 5.75 Å². The van der Waals surface area contributed by atoms with Crippen molar-refractivity contribution in [3.63, 3.8) is 0 Å². The summed E-state index contributed by atoms with van der Waals surface area (Å²) in [6, 6.07) is 2.05. The molecule has 2 N–H and O–H groups in total. The van der Waals surface area contributed by atoms with Crippen LogP contribution in [0.2, 0.25) is 0 Å². The second kappa shape index (κ2) is 5.09. The molecule has 0 aliphatic heterocycles. The van der Waals surface area contributed by atoms with E-state index in [2.05, 4.69) is 0 Å². The van der Waals surface area contributed by atoms with Crippen molar-refractivity contribution in [1.82, 2.24) is 0 Å². The minimum absolute atomic E-state index is 0.0502. The summed E-state index contributed by atoms with van der Waals surface area (Å²) < 4.78 is 31.0. The molecule has 0 unspecified atom stereocenters. The van der Waals surface area contributed by atoms with Crippen molar-refractivity contribution < 1.29 is 23.6 Å². The summed E-state index contributed by atoms with van der Waals surface area (Å²) in [5.41, 5.74) is -0.566. The molecule has 82 valence electrons. The zero-order chi connectivity index (χ0) is 11.4. The van der Waals surface area contributed by atoms with E-state index >= 15 is 0 Å². The lowest BCUT2D eigenvalue weighted by Crippen LogP contribution is -2.35. The van der Waals surface area contributed by atoms with Crippen LogP contribution >= 0.6 is 0 Å². The van der Waals surface area contributed by atoms with Crippen molar-refractivity contribution >= 4 is 12.6 Å². The molecular weight excluding hydrogens is 205 g/mol. The van der Waals surface area contributed by atoms with Crippen LogP contribution in [0.25, 0.3) is 0 Å². The van der Waals surface area contributed by atoms with Crippen LogP contribution in [0.15, 0.2) is 12.1 Å². The molecule has 15 heavy (non-hydrogen) atoms. The minimum Gasteiger partial charge on any atom is -0.494 e. The molecule has 3 nitrogen and oxygen atoms in total. The van der Waals surface area contributed by atoms with Gasteiger partial charge in [-0.25, -0.2) is 8.78 Å². The SMILES string of the molecule is CCCOc1ccc(F)c(F)c1B(O)O. The third-order valence-corrected chi connectivity index (χ3v) is 1.81. The summed E-state index contributed by atoms with van der Waals surface area (Å²) in [4.78, 5) is 0. The first-order chi connectivity index (χ1) is 7.07. The Morgan fingerprint density at radius 3 is 2.53 bits per heavy atom. The van der Waals surface area contributed by atoms with Gasteiger partial charge in [0.05, 0.1) is 12.1 Å². The molecule has 1 rings (SSSR count). The van der Waals surface area contributed by atoms with Gasteiger partial charge in [0.25, 0.3) is 0 Å². The third kappa shape index (κ3) is 2.67. The second-order valence-corrected chi connectivity index (χ2v) is 3.00. The average molecular weight is 216 g/mol. The lowest BCUT2D eigenvalue weighted by molar-refractivity contribution is 0.315. The zero-order valence-corrected chi connectivity index (χ0v) is 8.20. The first-order valence-electron chi connectivity index (χ1n) is 4.54. The van der Waals surface area contributed by atoms with Gasteiger partial charge in [-0.2, -0.15) is 0 Å². The molecule has 1 aromatic carbocycles. The monoisotopic (exact) mass is 216 g/mol. The molecule has 0 bridgehead atoms. The van der Waals surface area contributed by atoms with Crippen LogP contribution in [-0.4, -0.2) is 23.8 Å². The van der Waals surface area contributed by atoms with Gasteiger partial charge in [-0.05, 0) is 18.6 Å². The highest BCUT2D eigenvalue weighted by Gasteiger charge is 2.24. The Morgan fingerprint density at radius 1 is 1.33 bits per heavy atom. The number of benzene rings is 1. The van der Waals surface area contributed by atoms with Gasteiger partial charge in [0.15, 0.2) is 11.6 Å². The van der Waals surface area contributed by atoms with E-state index in [9.17, 15) is 8.78 Å². The first kappa shape index (κ1) is 11.9. The summed E-state index contributed by atoms with van der Waals surface area (Å²) in [7, 11) is -2.09. The Hall–Kier alpha value is -1.14. The molecule has 0 aliphatic rings. The van der Waals surface area contributed by atoms with Gasteiger partial charge in [0, 0.05) is 0 Å². The van der Waals surface area contributed by atoms with Gasteiger partial charge in [0.1, 0.15) is 5.75 Å². The average Bonchev–Trinajstić information content (AvgIpc) is 2.19. The fourth-order valence-electron chi connectivity index (χ4n) is 1.13. The molecule has 0 radical (unpaired) electrons. The molecule has 0 atom stereocenters. The van der Waals surface area contributed by atoms with Gasteiger partial charge >= 0.3 is 7.12 Å². The molecule has 0 amide bonds. The molecule has 0 aromatic heterocycles. The maximum absolute atomic E-state index is 13.2. The van der Waals surface area contributed by atoms with Crippen LogP contribution < -0.4 is 10.2 Å². The summed E-state index contributed by atoms with van der Waals surface area (Å²) in [6.45, 7) is 2.14. The number of rotatable bonds is 4. The van der Waals surface area contributed by atoms with E-state index in [1.54, 1.807) is 0 Å². The summed E-state index contributed by atoms with van der Waals surface area (Å²) in [5.74, 6) is -2.48. The van der Waals surface area contributed by atoms with Gasteiger partial charge in [-0.15, -0.1) is 0 Å². The van der Waals surface area contributed by atoms with E-state index in [-0.39, 0.29) is 5.75 Å². The summed E-state index contributed by atoms with van der Waals surface area (Å²) >= 11 is 0. The zero-order valence-electron chi connectivity index (χ0n) is 8.20. The minimum atomic E-state index is -2.09. The molecule has 1 aromatic rings. The maximum Gasteiger partial charge on any atom is 0.495 e. The standard InChI is InChI=1S/C9H11BF2O3/c1-2-5-15-7-4-3-6(11)9(12)8(7)10(13)14/h3-4,13-14H,2,5H2,1H3. The lowest BCUT2D eigenvalue weighted by atomic mass is 9.79. The van der Waals surface area contributed by atoms with Crippen molar-refractivity contribution in [2.75, 3.05) is 6.61 Å². The van der Waals surface area contributed by atoms with Crippen molar-refractivity contribution in [3.8, 4) is 5.75 Å². The van der Waals surface area contributed by atoms with Crippen molar-refractivity contribution in [3.05, 3.63) is 23.8 Å². The normalized spacial score (nSPS) is 10.2. The third-order valence-electron chi connectivity index (χ3n) is 1.81. The highest BCUT2D eigenvalue weighted by molar-refractivity contribution is 6.59. The Bertz CT molecular complexity index is 344. The first-order valence-corrected chi connectivity index (χ1v) is 4.54. The van der Waals surface area contributed by atoms with E-state index in [1.165, 1.54) is 6.07 Å². The Balaban J connectivity index is 3.09. The summed E-state index contributed by atoms with van der Waals surface area (Å²) in [6.07, 6.45) is 0.681. The molecule has 0 fully saturated rings. The highest BCUT2D eigenvalue weighted by Crippen LogP contribution is 2.14. The Kier molecular flexibility index (Phi) is 4.05. The largest absolute Gasteiger partial charge is 0.495 e. The molecule has 0 heterocycles. The molecule has 0 aliphatic carbocycles. The van der Waals surface area contributed by atoms with Crippen LogP contribution in [0.4, 0.5) is 8.78 Å². The van der Waals surface area contributed by atoms with E-state index in [4.69, 9.17) is 14.8 Å². The van der Waals surface area contributed by atoms with E-state index in [1.807, 2.05) is 6.92 Å². The van der Waals surface area contributed by atoms with Crippen molar-refractivity contribution in [2.45, 2.75) is 13.3 Å². The fraction of sp³-hybridized carbons (Fsp3) is 0.333. The topological polar surface area (TPSA) is 49.7 Å². The Morgan fingerprint density at radius 2 is 2.00 bits per heavy atom. The number of ether oxygens (including phenoxy) is 1. The van der Waals surface area contributed by atoms with E-state index < -0.39 is 24.2 Å². The van der Waals surface area contributed by atoms with Gasteiger partial charge in [-0.3, -0.25) is 0 Å². The van der Waals surface area contributed by atoms with E-state index in [0.29, 0.717) is 13.0 Å². The second-order valence-electron chi connectivity index (χ2n) is 3.00. The molecule has 0 saturated heterocycles. The van der Waals surface area contributed by atoms with Crippen molar-refractivity contribution in [2.24, 2.45) is 0 Å². The molecule has 6 heteroatoms. The molecular formula is C9H11BF2O3. The van der Waals surface area contributed by atoms with Crippen LogP contribution in [-0.2, 0) is 0 Å². The van der Waals surface area contributed by atoms with Crippen LogP contribution in [0.3, 0.4) is 0 Å². The Labute approximate surface area is 86.5 Å². The number of halogens is 2. The van der Waals surface area contributed by atoms with Gasteiger partial charge in [-0.1, -0.05) is 6.92 Å². The lowest BCUT2D eigenvalue weighted by Gasteiger charge is -2.11. The molecule has 0 saturated carbocycles. The van der Waals surface area contributed by atoms with E-state index in [0.717, 1.165) is 6.07 Å². The molecule has 0 spiro atoms. The fourth-order valence-corrected chi connectivity index (χ4v) is 1.13. The van der Waals surface area contributed by atoms with Crippen LogP contribution in [0, 0.1) is 11.6 Å². The van der Waals surface area contributed by atoms with Crippen molar-refractivity contribution in [1.29, 1.82) is 0 Å². The predicted octanol–water partition coefficient (Wildman–Crippen LogP) is 0.433. The van der Waals surface area contributed by atoms with Gasteiger partial charge in [0.2, 0.25) is 0 Å². The number of hydrogen-bond acceptors (Lipinski definition) is 3. The number of hydrogen-bond donors (Lipinski definition) is 2. The smallest absolute Gasteiger partial charge is 0.494 e. The highest BCUT2D eigenvalue weighted by atomic mass is 19.2. The quantitative estimate of drug-likeness (QED) is 0.717.